The number of nitrogens with one attached hydrogen (secondary N) is 2. The zero-order chi connectivity index (χ0) is 10.7. The van der Waals surface area contributed by atoms with E-state index in [4.69, 9.17) is 0 Å². The number of hydrogen-bond donors (Lipinski definition) is 2. The Morgan fingerprint density at radius 3 is 1.64 bits per heavy atom. The summed E-state index contributed by atoms with van der Waals surface area (Å²) in [6.07, 6.45) is 0. The van der Waals surface area contributed by atoms with Crippen LogP contribution in [0.3, 0.4) is 0 Å². The molecule has 1 saturated heterocycles. The molecule has 0 bridgehead atoms. The molecule has 2 N–H and O–H groups in total. The van der Waals surface area contributed by atoms with Gasteiger partial charge in [-0.1, -0.05) is 27.7 Å². The quantitative estimate of drug-likeness (QED) is 0.698. The molecule has 0 aromatic rings. The first kappa shape index (κ1) is 11.3. The minimum absolute atomic E-state index is 0.0150. The van der Waals surface area contributed by atoms with Gasteiger partial charge >= 0.3 is 6.03 Å². The first-order valence-electron chi connectivity index (χ1n) is 5.54. The molecular weight excluding hydrogens is 176 g/mol. The predicted molar refractivity (Wildman–Crippen MR) is 58.1 cm³/mol. The fourth-order valence-corrected chi connectivity index (χ4v) is 2.25. The van der Waals surface area contributed by atoms with Gasteiger partial charge in [0, 0.05) is 13.1 Å². The minimum atomic E-state index is -0.0150. The van der Waals surface area contributed by atoms with Crippen LogP contribution in [-0.2, 0) is 0 Å². The topological polar surface area (TPSA) is 41.1 Å². The maximum absolute atomic E-state index is 11.2. The molecule has 14 heavy (non-hydrogen) atoms. The van der Waals surface area contributed by atoms with Crippen LogP contribution in [0.1, 0.15) is 27.7 Å². The van der Waals surface area contributed by atoms with Crippen LogP contribution in [0.4, 0.5) is 4.79 Å². The molecule has 3 nitrogen and oxygen atoms in total. The molecule has 2 unspecified atom stereocenters. The SMILES string of the molecule is CC(C)C1CNC(=O)NCC1C(C)C. The lowest BCUT2D eigenvalue weighted by molar-refractivity contribution is 0.207. The van der Waals surface area contributed by atoms with E-state index in [1.54, 1.807) is 0 Å². The second kappa shape index (κ2) is 4.67. The molecule has 0 radical (unpaired) electrons. The number of amides is 2. The summed E-state index contributed by atoms with van der Waals surface area (Å²) in [5.74, 6) is 2.44. The standard InChI is InChI=1S/C11H22N2O/c1-7(2)9-5-12-11(14)13-6-10(9)8(3)4/h7-10H,5-6H2,1-4H3,(H2,12,13,14). The van der Waals surface area contributed by atoms with Gasteiger partial charge in [0.1, 0.15) is 0 Å². The summed E-state index contributed by atoms with van der Waals surface area (Å²) in [5.41, 5.74) is 0. The molecule has 2 amide bonds. The van der Waals surface area contributed by atoms with Crippen LogP contribution >= 0.6 is 0 Å². The molecule has 0 aliphatic carbocycles. The molecule has 1 rings (SSSR count). The third-order valence-corrected chi connectivity index (χ3v) is 3.26. The van der Waals surface area contributed by atoms with Crippen LogP contribution in [0.5, 0.6) is 0 Å². The van der Waals surface area contributed by atoms with Crippen molar-refractivity contribution in [3.8, 4) is 0 Å². The molecule has 1 aliphatic heterocycles. The molecule has 1 aliphatic rings. The first-order valence-corrected chi connectivity index (χ1v) is 5.54. The summed E-state index contributed by atoms with van der Waals surface area (Å²) in [4.78, 5) is 11.2. The van der Waals surface area contributed by atoms with Crippen molar-refractivity contribution in [1.29, 1.82) is 0 Å². The molecule has 0 spiro atoms. The highest BCUT2D eigenvalue weighted by atomic mass is 16.2. The maximum atomic E-state index is 11.2. The number of carbonyl (C=O) groups is 1. The van der Waals surface area contributed by atoms with Crippen LogP contribution in [0.25, 0.3) is 0 Å². The van der Waals surface area contributed by atoms with Gasteiger partial charge in [0.2, 0.25) is 0 Å². The van der Waals surface area contributed by atoms with Gasteiger partial charge in [-0.05, 0) is 23.7 Å². The van der Waals surface area contributed by atoms with Crippen molar-refractivity contribution in [1.82, 2.24) is 10.6 Å². The average molecular weight is 198 g/mol. The number of hydrogen-bond acceptors (Lipinski definition) is 1. The summed E-state index contributed by atoms with van der Waals surface area (Å²) in [5, 5.41) is 5.82. The largest absolute Gasteiger partial charge is 0.338 e. The Morgan fingerprint density at radius 1 is 1.00 bits per heavy atom. The summed E-state index contributed by atoms with van der Waals surface area (Å²) >= 11 is 0. The fourth-order valence-electron chi connectivity index (χ4n) is 2.25. The molecule has 0 aromatic heterocycles. The third kappa shape index (κ3) is 2.63. The van der Waals surface area contributed by atoms with Crippen molar-refractivity contribution >= 4 is 6.03 Å². The Balaban J connectivity index is 2.70. The van der Waals surface area contributed by atoms with Crippen LogP contribution in [0, 0.1) is 23.7 Å². The summed E-state index contributed by atoms with van der Waals surface area (Å²) in [6, 6.07) is -0.0150. The van der Waals surface area contributed by atoms with E-state index in [9.17, 15) is 4.79 Å². The monoisotopic (exact) mass is 198 g/mol. The minimum Gasteiger partial charge on any atom is -0.338 e. The Morgan fingerprint density at radius 2 is 1.36 bits per heavy atom. The highest BCUT2D eigenvalue weighted by Crippen LogP contribution is 2.27. The highest BCUT2D eigenvalue weighted by molar-refractivity contribution is 5.74. The fraction of sp³-hybridized carbons (Fsp3) is 0.909. The molecule has 3 heteroatoms. The van der Waals surface area contributed by atoms with Gasteiger partial charge in [-0.3, -0.25) is 0 Å². The molecule has 0 aromatic carbocycles. The molecule has 1 heterocycles. The lowest BCUT2D eigenvalue weighted by Crippen LogP contribution is -2.34. The van der Waals surface area contributed by atoms with Gasteiger partial charge in [0.15, 0.2) is 0 Å². The average Bonchev–Trinajstić information content (AvgIpc) is 2.26. The zero-order valence-electron chi connectivity index (χ0n) is 9.63. The van der Waals surface area contributed by atoms with E-state index in [2.05, 4.69) is 38.3 Å². The first-order chi connectivity index (χ1) is 6.52. The Hall–Kier alpha value is -0.730. The third-order valence-electron chi connectivity index (χ3n) is 3.26. The maximum Gasteiger partial charge on any atom is 0.314 e. The highest BCUT2D eigenvalue weighted by Gasteiger charge is 2.29. The van der Waals surface area contributed by atoms with Crippen molar-refractivity contribution in [3.05, 3.63) is 0 Å². The van der Waals surface area contributed by atoms with Crippen LogP contribution in [0.2, 0.25) is 0 Å². The lowest BCUT2D eigenvalue weighted by atomic mass is 9.77. The van der Waals surface area contributed by atoms with E-state index in [0.717, 1.165) is 13.1 Å². The van der Waals surface area contributed by atoms with Crippen LogP contribution in [-0.4, -0.2) is 19.1 Å². The second-order valence-electron chi connectivity index (χ2n) is 4.91. The Bertz CT molecular complexity index is 181. The molecule has 2 atom stereocenters. The summed E-state index contributed by atoms with van der Waals surface area (Å²) < 4.78 is 0. The number of carbonyl (C=O) groups excluding carboxylic acids is 1. The van der Waals surface area contributed by atoms with Crippen molar-refractivity contribution in [2.45, 2.75) is 27.7 Å². The van der Waals surface area contributed by atoms with Crippen molar-refractivity contribution in [3.63, 3.8) is 0 Å². The van der Waals surface area contributed by atoms with Crippen molar-refractivity contribution in [2.75, 3.05) is 13.1 Å². The van der Waals surface area contributed by atoms with Crippen molar-refractivity contribution < 1.29 is 4.79 Å². The van der Waals surface area contributed by atoms with Gasteiger partial charge in [-0.25, -0.2) is 4.79 Å². The van der Waals surface area contributed by atoms with Gasteiger partial charge in [0.25, 0.3) is 0 Å². The van der Waals surface area contributed by atoms with E-state index in [1.165, 1.54) is 0 Å². The predicted octanol–water partition coefficient (Wildman–Crippen LogP) is 1.84. The van der Waals surface area contributed by atoms with Gasteiger partial charge in [-0.2, -0.15) is 0 Å². The lowest BCUT2D eigenvalue weighted by Gasteiger charge is -2.30. The van der Waals surface area contributed by atoms with E-state index < -0.39 is 0 Å². The second-order valence-corrected chi connectivity index (χ2v) is 4.91. The molecule has 0 saturated carbocycles. The summed E-state index contributed by atoms with van der Waals surface area (Å²) in [7, 11) is 0. The van der Waals surface area contributed by atoms with Crippen LogP contribution < -0.4 is 10.6 Å². The number of rotatable bonds is 2. The van der Waals surface area contributed by atoms with Crippen LogP contribution in [0.15, 0.2) is 0 Å². The van der Waals surface area contributed by atoms with E-state index in [1.807, 2.05) is 0 Å². The van der Waals surface area contributed by atoms with E-state index in [0.29, 0.717) is 23.7 Å². The summed E-state index contributed by atoms with van der Waals surface area (Å²) in [6.45, 7) is 10.6. The van der Waals surface area contributed by atoms with Gasteiger partial charge in [0.05, 0.1) is 0 Å². The van der Waals surface area contributed by atoms with E-state index >= 15 is 0 Å². The molecule has 1 fully saturated rings. The van der Waals surface area contributed by atoms with Gasteiger partial charge < -0.3 is 10.6 Å². The zero-order valence-corrected chi connectivity index (χ0v) is 9.63. The smallest absolute Gasteiger partial charge is 0.314 e. The van der Waals surface area contributed by atoms with Crippen molar-refractivity contribution in [2.24, 2.45) is 23.7 Å². The van der Waals surface area contributed by atoms with E-state index in [-0.39, 0.29) is 6.03 Å². The number of urea groups is 1. The Kier molecular flexibility index (Phi) is 3.78. The normalized spacial score (nSPS) is 28.6. The van der Waals surface area contributed by atoms with Gasteiger partial charge in [-0.15, -0.1) is 0 Å². The molecule has 82 valence electrons. The Labute approximate surface area is 86.6 Å². The molecular formula is C11H22N2O.